The van der Waals surface area contributed by atoms with Gasteiger partial charge in [0.15, 0.2) is 0 Å². The lowest BCUT2D eigenvalue weighted by Crippen LogP contribution is -2.46. The number of likely N-dealkylation sites (tertiary alicyclic amines) is 1. The minimum absolute atomic E-state index is 0.00968. The van der Waals surface area contributed by atoms with E-state index in [2.05, 4.69) is 13.8 Å². The van der Waals surface area contributed by atoms with E-state index in [-0.39, 0.29) is 11.9 Å². The Morgan fingerprint density at radius 3 is 2.84 bits per heavy atom. The molecule has 1 aromatic rings. The number of nitrogen functional groups attached to an aromatic ring is 1. The van der Waals surface area contributed by atoms with Crippen molar-refractivity contribution in [1.29, 1.82) is 0 Å². The second-order valence-electron chi connectivity index (χ2n) is 5.28. The van der Waals surface area contributed by atoms with Crippen LogP contribution in [0.2, 0.25) is 0 Å². The Morgan fingerprint density at radius 2 is 2.16 bits per heavy atom. The van der Waals surface area contributed by atoms with Gasteiger partial charge in [0, 0.05) is 12.6 Å². The Balaban J connectivity index is 2.29. The lowest BCUT2D eigenvalue weighted by atomic mass is 9.91. The van der Waals surface area contributed by atoms with Gasteiger partial charge in [-0.3, -0.25) is 4.79 Å². The molecule has 0 radical (unpaired) electrons. The van der Waals surface area contributed by atoms with Crippen molar-refractivity contribution in [3.63, 3.8) is 0 Å². The van der Waals surface area contributed by atoms with Gasteiger partial charge in [0.05, 0.1) is 18.4 Å². The molecule has 19 heavy (non-hydrogen) atoms. The van der Waals surface area contributed by atoms with Crippen LogP contribution in [0.5, 0.6) is 5.75 Å². The number of benzene rings is 1. The number of nitrogens with zero attached hydrogens (tertiary/aromatic N) is 1. The summed E-state index contributed by atoms with van der Waals surface area (Å²) in [5.74, 6) is 1.10. The third-order valence-corrected chi connectivity index (χ3v) is 4.15. The number of amides is 1. The molecule has 1 fully saturated rings. The average molecular weight is 262 g/mol. The molecule has 104 valence electrons. The van der Waals surface area contributed by atoms with E-state index < -0.39 is 0 Å². The molecule has 2 unspecified atom stereocenters. The van der Waals surface area contributed by atoms with Crippen LogP contribution in [0.3, 0.4) is 0 Å². The van der Waals surface area contributed by atoms with Gasteiger partial charge in [-0.1, -0.05) is 13.0 Å². The molecule has 0 spiro atoms. The summed E-state index contributed by atoms with van der Waals surface area (Å²) in [5, 5.41) is 0. The van der Waals surface area contributed by atoms with Gasteiger partial charge in [-0.25, -0.2) is 0 Å². The van der Waals surface area contributed by atoms with Crippen molar-refractivity contribution in [2.45, 2.75) is 32.7 Å². The summed E-state index contributed by atoms with van der Waals surface area (Å²) in [4.78, 5) is 14.6. The number of hydrogen-bond donors (Lipinski definition) is 1. The summed E-state index contributed by atoms with van der Waals surface area (Å²) in [6, 6.07) is 5.60. The van der Waals surface area contributed by atoms with Crippen LogP contribution in [0, 0.1) is 5.92 Å². The Morgan fingerprint density at radius 1 is 1.42 bits per heavy atom. The Bertz CT molecular complexity index is 473. The van der Waals surface area contributed by atoms with Crippen molar-refractivity contribution in [2.75, 3.05) is 19.4 Å². The van der Waals surface area contributed by atoms with Crippen LogP contribution < -0.4 is 10.5 Å². The molecular weight excluding hydrogens is 240 g/mol. The highest BCUT2D eigenvalue weighted by Crippen LogP contribution is 2.29. The van der Waals surface area contributed by atoms with Crippen LogP contribution in [0.4, 0.5) is 5.69 Å². The summed E-state index contributed by atoms with van der Waals surface area (Å²) in [7, 11) is 1.56. The standard InChI is InChI=1S/C15H22N2O2/c1-10-6-5-9-17(11(10)2)15(18)12-7-4-8-13(19-3)14(12)16/h4,7-8,10-11H,5-6,9,16H2,1-3H3. The zero-order valence-electron chi connectivity index (χ0n) is 11.8. The van der Waals surface area contributed by atoms with Crippen LogP contribution in [0.15, 0.2) is 18.2 Å². The third-order valence-electron chi connectivity index (χ3n) is 4.15. The van der Waals surface area contributed by atoms with Crippen molar-refractivity contribution in [2.24, 2.45) is 5.92 Å². The average Bonchev–Trinajstić information content (AvgIpc) is 2.41. The van der Waals surface area contributed by atoms with E-state index >= 15 is 0 Å². The van der Waals surface area contributed by atoms with Crippen molar-refractivity contribution in [1.82, 2.24) is 4.90 Å². The SMILES string of the molecule is COc1cccc(C(=O)N2CCCC(C)C2C)c1N. The van der Waals surface area contributed by atoms with E-state index in [1.807, 2.05) is 4.90 Å². The maximum atomic E-state index is 12.6. The van der Waals surface area contributed by atoms with Gasteiger partial charge < -0.3 is 15.4 Å². The quantitative estimate of drug-likeness (QED) is 0.833. The first kappa shape index (κ1) is 13.7. The van der Waals surface area contributed by atoms with E-state index in [4.69, 9.17) is 10.5 Å². The van der Waals surface area contributed by atoms with Crippen molar-refractivity contribution >= 4 is 11.6 Å². The minimum Gasteiger partial charge on any atom is -0.495 e. The molecule has 1 aliphatic rings. The largest absolute Gasteiger partial charge is 0.495 e. The molecule has 1 saturated heterocycles. The van der Waals surface area contributed by atoms with Crippen LogP contribution in [-0.2, 0) is 0 Å². The molecule has 0 aromatic heterocycles. The molecule has 2 atom stereocenters. The summed E-state index contributed by atoms with van der Waals surface area (Å²) < 4.78 is 5.18. The maximum Gasteiger partial charge on any atom is 0.256 e. The van der Waals surface area contributed by atoms with Crippen molar-refractivity contribution < 1.29 is 9.53 Å². The van der Waals surface area contributed by atoms with Crippen LogP contribution in [0.25, 0.3) is 0 Å². The predicted molar refractivity (Wildman–Crippen MR) is 76.3 cm³/mol. The number of carbonyl (C=O) groups is 1. The summed E-state index contributed by atoms with van der Waals surface area (Å²) in [6.45, 7) is 5.11. The zero-order valence-corrected chi connectivity index (χ0v) is 11.8. The number of ether oxygens (including phenoxy) is 1. The van der Waals surface area contributed by atoms with Gasteiger partial charge in [-0.2, -0.15) is 0 Å². The maximum absolute atomic E-state index is 12.6. The second kappa shape index (κ2) is 5.51. The van der Waals surface area contributed by atoms with Crippen LogP contribution in [-0.4, -0.2) is 30.5 Å². The Hall–Kier alpha value is -1.71. The number of anilines is 1. The zero-order chi connectivity index (χ0) is 14.0. The fourth-order valence-corrected chi connectivity index (χ4v) is 2.69. The number of hydrogen-bond acceptors (Lipinski definition) is 3. The fraction of sp³-hybridized carbons (Fsp3) is 0.533. The third kappa shape index (κ3) is 2.53. The molecule has 0 aliphatic carbocycles. The smallest absolute Gasteiger partial charge is 0.256 e. The first-order chi connectivity index (χ1) is 9.06. The summed E-state index contributed by atoms with van der Waals surface area (Å²) >= 11 is 0. The van der Waals surface area contributed by atoms with Crippen LogP contribution in [0.1, 0.15) is 37.0 Å². The number of methoxy groups -OCH3 is 1. The first-order valence-corrected chi connectivity index (χ1v) is 6.79. The number of nitrogens with two attached hydrogens (primary N) is 1. The Labute approximate surface area is 114 Å². The van der Waals surface area contributed by atoms with E-state index in [0.717, 1.165) is 13.0 Å². The highest BCUT2D eigenvalue weighted by atomic mass is 16.5. The highest BCUT2D eigenvalue weighted by Gasteiger charge is 2.30. The summed E-state index contributed by atoms with van der Waals surface area (Å²) in [6.07, 6.45) is 2.24. The van der Waals surface area contributed by atoms with E-state index in [0.29, 0.717) is 22.9 Å². The lowest BCUT2D eigenvalue weighted by molar-refractivity contribution is 0.0552. The van der Waals surface area contributed by atoms with Gasteiger partial charge >= 0.3 is 0 Å². The fourth-order valence-electron chi connectivity index (χ4n) is 2.69. The molecule has 1 amide bonds. The molecule has 1 aromatic carbocycles. The minimum atomic E-state index is 0.00968. The molecule has 2 rings (SSSR count). The molecule has 1 aliphatic heterocycles. The molecule has 1 heterocycles. The monoisotopic (exact) mass is 262 g/mol. The van der Waals surface area contributed by atoms with Gasteiger partial charge in [-0.15, -0.1) is 0 Å². The first-order valence-electron chi connectivity index (χ1n) is 6.79. The lowest BCUT2D eigenvalue weighted by Gasteiger charge is -2.38. The van der Waals surface area contributed by atoms with Gasteiger partial charge in [0.25, 0.3) is 5.91 Å². The Kier molecular flexibility index (Phi) is 3.98. The number of carbonyl (C=O) groups excluding carboxylic acids is 1. The van der Waals surface area contributed by atoms with E-state index in [1.165, 1.54) is 6.42 Å². The molecular formula is C15H22N2O2. The molecule has 2 N–H and O–H groups in total. The number of piperidine rings is 1. The topological polar surface area (TPSA) is 55.6 Å². The van der Waals surface area contributed by atoms with Crippen molar-refractivity contribution in [3.8, 4) is 5.75 Å². The van der Waals surface area contributed by atoms with Gasteiger partial charge in [-0.05, 0) is 37.8 Å². The molecule has 4 heteroatoms. The summed E-state index contributed by atoms with van der Waals surface area (Å²) in [5.41, 5.74) is 6.98. The molecule has 4 nitrogen and oxygen atoms in total. The van der Waals surface area contributed by atoms with Gasteiger partial charge in [0.2, 0.25) is 0 Å². The van der Waals surface area contributed by atoms with Crippen LogP contribution >= 0.6 is 0 Å². The van der Waals surface area contributed by atoms with Gasteiger partial charge in [0.1, 0.15) is 5.75 Å². The number of rotatable bonds is 2. The van der Waals surface area contributed by atoms with E-state index in [9.17, 15) is 4.79 Å². The van der Waals surface area contributed by atoms with E-state index in [1.54, 1.807) is 25.3 Å². The predicted octanol–water partition coefficient (Wildman–Crippen LogP) is 2.54. The normalized spacial score (nSPS) is 23.2. The highest BCUT2D eigenvalue weighted by molar-refractivity contribution is 6.00. The molecule has 0 bridgehead atoms. The van der Waals surface area contributed by atoms with Crippen molar-refractivity contribution in [3.05, 3.63) is 23.8 Å². The number of para-hydroxylation sites is 1. The second-order valence-corrected chi connectivity index (χ2v) is 5.28. The molecule has 0 saturated carbocycles.